The summed E-state index contributed by atoms with van der Waals surface area (Å²) in [4.78, 5) is 38.7. The number of fused-ring (bicyclic) bond motifs is 1. The van der Waals surface area contributed by atoms with Crippen LogP contribution in [0.2, 0.25) is 0 Å². The topological polar surface area (TPSA) is 54.5 Å². The lowest BCUT2D eigenvalue weighted by Gasteiger charge is -2.25. The zero-order chi connectivity index (χ0) is 16.6. The van der Waals surface area contributed by atoms with Gasteiger partial charge in [0.1, 0.15) is 10.7 Å². The van der Waals surface area contributed by atoms with Crippen LogP contribution in [-0.4, -0.2) is 29.4 Å². The molecule has 0 aliphatic heterocycles. The molecule has 0 aromatic heterocycles. The molecule has 0 radical (unpaired) electrons. The molecule has 2 aromatic rings. The highest BCUT2D eigenvalue weighted by molar-refractivity contribution is 6.50. The van der Waals surface area contributed by atoms with Crippen molar-refractivity contribution in [3.63, 3.8) is 0 Å². The Kier molecular flexibility index (Phi) is 3.84. The fourth-order valence-electron chi connectivity index (χ4n) is 2.51. The van der Waals surface area contributed by atoms with Gasteiger partial charge in [-0.25, -0.2) is 0 Å². The molecule has 0 N–H and O–H groups in total. The van der Waals surface area contributed by atoms with E-state index in [4.69, 9.17) is 11.6 Å². The first-order chi connectivity index (χ1) is 11.0. The average molecular weight is 326 g/mol. The van der Waals surface area contributed by atoms with Gasteiger partial charge in [0.15, 0.2) is 0 Å². The van der Waals surface area contributed by atoms with Gasteiger partial charge in [-0.3, -0.25) is 14.4 Å². The van der Waals surface area contributed by atoms with Crippen molar-refractivity contribution >= 4 is 29.1 Å². The van der Waals surface area contributed by atoms with E-state index in [1.54, 1.807) is 54.6 Å². The van der Waals surface area contributed by atoms with E-state index in [1.165, 1.54) is 7.05 Å². The molecule has 0 fully saturated rings. The number of amides is 1. The van der Waals surface area contributed by atoms with Crippen LogP contribution in [-0.2, 0) is 0 Å². The van der Waals surface area contributed by atoms with Crippen LogP contribution in [0.15, 0.2) is 65.3 Å². The molecule has 5 heteroatoms. The first kappa shape index (κ1) is 15.2. The first-order valence-corrected chi connectivity index (χ1v) is 7.31. The summed E-state index contributed by atoms with van der Waals surface area (Å²) in [5.74, 6) is -1.29. The van der Waals surface area contributed by atoms with Crippen molar-refractivity contribution in [1.29, 1.82) is 0 Å². The molecular formula is C18H12ClNO3. The van der Waals surface area contributed by atoms with Crippen LogP contribution in [0.5, 0.6) is 0 Å². The molecule has 3 rings (SSSR count). The maximum atomic E-state index is 12.7. The second-order valence-electron chi connectivity index (χ2n) is 5.10. The third kappa shape index (κ3) is 2.47. The number of carbonyl (C=O) groups excluding carboxylic acids is 3. The van der Waals surface area contributed by atoms with Gasteiger partial charge in [-0.1, -0.05) is 54.1 Å². The summed E-state index contributed by atoms with van der Waals surface area (Å²) in [5.41, 5.74) is 0.826. The SMILES string of the molecule is CN(C(=O)c1ccccc1)C1=C(Cl)C(=O)c2ccccc2C1=O. The van der Waals surface area contributed by atoms with E-state index >= 15 is 0 Å². The van der Waals surface area contributed by atoms with Crippen LogP contribution in [0, 0.1) is 0 Å². The van der Waals surface area contributed by atoms with E-state index in [0.717, 1.165) is 4.90 Å². The van der Waals surface area contributed by atoms with E-state index in [1.807, 2.05) is 0 Å². The maximum Gasteiger partial charge on any atom is 0.258 e. The molecule has 0 saturated heterocycles. The lowest BCUT2D eigenvalue weighted by atomic mass is 9.92. The van der Waals surface area contributed by atoms with E-state index in [9.17, 15) is 14.4 Å². The van der Waals surface area contributed by atoms with Gasteiger partial charge >= 0.3 is 0 Å². The minimum atomic E-state index is -0.454. The summed E-state index contributed by atoms with van der Waals surface area (Å²) in [6, 6.07) is 14.9. The van der Waals surface area contributed by atoms with Crippen LogP contribution in [0.1, 0.15) is 31.1 Å². The molecule has 0 spiro atoms. The average Bonchev–Trinajstić information content (AvgIpc) is 2.60. The van der Waals surface area contributed by atoms with Crippen LogP contribution >= 0.6 is 11.6 Å². The van der Waals surface area contributed by atoms with E-state index in [2.05, 4.69) is 0 Å². The zero-order valence-electron chi connectivity index (χ0n) is 12.2. The van der Waals surface area contributed by atoms with Crippen LogP contribution in [0.3, 0.4) is 0 Å². The summed E-state index contributed by atoms with van der Waals surface area (Å²) in [6.07, 6.45) is 0. The normalized spacial score (nSPS) is 13.8. The number of rotatable bonds is 2. The number of hydrogen-bond donors (Lipinski definition) is 0. The van der Waals surface area contributed by atoms with Crippen molar-refractivity contribution in [2.75, 3.05) is 7.05 Å². The summed E-state index contributed by atoms with van der Waals surface area (Å²) in [7, 11) is 1.44. The van der Waals surface area contributed by atoms with Gasteiger partial charge in [0.2, 0.25) is 11.6 Å². The van der Waals surface area contributed by atoms with Crippen molar-refractivity contribution in [3.8, 4) is 0 Å². The zero-order valence-corrected chi connectivity index (χ0v) is 13.0. The molecule has 114 valence electrons. The van der Waals surface area contributed by atoms with Crippen LogP contribution < -0.4 is 0 Å². The molecule has 23 heavy (non-hydrogen) atoms. The number of halogens is 1. The van der Waals surface area contributed by atoms with Crippen molar-refractivity contribution in [2.24, 2.45) is 0 Å². The molecule has 1 aliphatic rings. The van der Waals surface area contributed by atoms with Crippen LogP contribution in [0.25, 0.3) is 0 Å². The highest BCUT2D eigenvalue weighted by Gasteiger charge is 2.35. The van der Waals surface area contributed by atoms with Crippen LogP contribution in [0.4, 0.5) is 0 Å². The highest BCUT2D eigenvalue weighted by Crippen LogP contribution is 2.30. The fraction of sp³-hybridized carbons (Fsp3) is 0.0556. The second-order valence-corrected chi connectivity index (χ2v) is 5.47. The number of ketones is 2. The van der Waals surface area contributed by atoms with Crippen molar-refractivity contribution < 1.29 is 14.4 Å². The number of likely N-dealkylation sites (N-methyl/N-ethyl adjacent to an activating group) is 1. The summed E-state index contributed by atoms with van der Waals surface area (Å²) in [6.45, 7) is 0. The third-order valence-corrected chi connectivity index (χ3v) is 4.05. The van der Waals surface area contributed by atoms with Gasteiger partial charge in [0, 0.05) is 23.7 Å². The summed E-state index contributed by atoms with van der Waals surface area (Å²) < 4.78 is 0. The Morgan fingerprint density at radius 3 is 2.00 bits per heavy atom. The lowest BCUT2D eigenvalue weighted by molar-refractivity contribution is 0.0795. The van der Waals surface area contributed by atoms with E-state index in [-0.39, 0.29) is 21.9 Å². The standard InChI is InChI=1S/C18H12ClNO3/c1-20(18(23)11-7-3-2-4-8-11)15-14(19)16(21)12-9-5-6-10-13(12)17(15)22/h2-10H,1H3. The first-order valence-electron chi connectivity index (χ1n) is 6.93. The third-order valence-electron chi connectivity index (χ3n) is 3.70. The Labute approximate surface area is 138 Å². The van der Waals surface area contributed by atoms with Crippen molar-refractivity contribution in [2.45, 2.75) is 0 Å². The number of benzene rings is 2. The molecule has 0 unspecified atom stereocenters. The molecule has 4 nitrogen and oxygen atoms in total. The molecule has 2 aromatic carbocycles. The van der Waals surface area contributed by atoms with Crippen molar-refractivity contribution in [1.82, 2.24) is 4.90 Å². The Bertz CT molecular complexity index is 856. The van der Waals surface area contributed by atoms with Gasteiger partial charge in [0.25, 0.3) is 5.91 Å². The van der Waals surface area contributed by atoms with Crippen molar-refractivity contribution in [3.05, 3.63) is 82.0 Å². The molecular weight excluding hydrogens is 314 g/mol. The van der Waals surface area contributed by atoms with Gasteiger partial charge in [0.05, 0.1) is 0 Å². The number of hydrogen-bond acceptors (Lipinski definition) is 3. The van der Waals surface area contributed by atoms with Gasteiger partial charge < -0.3 is 4.90 Å². The predicted octanol–water partition coefficient (Wildman–Crippen LogP) is 3.29. The number of nitrogens with zero attached hydrogens (tertiary/aromatic N) is 1. The molecule has 0 atom stereocenters. The largest absolute Gasteiger partial charge is 0.307 e. The molecule has 1 aliphatic carbocycles. The quantitative estimate of drug-likeness (QED) is 0.851. The molecule has 1 amide bonds. The van der Waals surface area contributed by atoms with Gasteiger partial charge in [-0.15, -0.1) is 0 Å². The minimum absolute atomic E-state index is 0.0933. The highest BCUT2D eigenvalue weighted by atomic mass is 35.5. The Hall–Kier alpha value is -2.72. The number of allylic oxidation sites excluding steroid dienone is 2. The lowest BCUT2D eigenvalue weighted by Crippen LogP contribution is -2.34. The number of carbonyl (C=O) groups is 3. The number of Topliss-reactive ketones (excluding diaryl/α,β-unsaturated/α-hetero) is 2. The Morgan fingerprint density at radius 1 is 0.870 bits per heavy atom. The second kappa shape index (κ2) is 5.82. The Morgan fingerprint density at radius 2 is 1.39 bits per heavy atom. The monoisotopic (exact) mass is 325 g/mol. The fourth-order valence-corrected chi connectivity index (χ4v) is 2.82. The summed E-state index contributed by atoms with van der Waals surface area (Å²) in [5, 5.41) is -0.236. The smallest absolute Gasteiger partial charge is 0.258 e. The molecule has 0 bridgehead atoms. The van der Waals surface area contributed by atoms with Gasteiger partial charge in [-0.2, -0.15) is 0 Å². The van der Waals surface area contributed by atoms with E-state index < -0.39 is 17.5 Å². The Balaban J connectivity index is 2.06. The van der Waals surface area contributed by atoms with E-state index in [0.29, 0.717) is 5.56 Å². The molecule has 0 heterocycles. The maximum absolute atomic E-state index is 12.7. The predicted molar refractivity (Wildman–Crippen MR) is 86.5 cm³/mol. The minimum Gasteiger partial charge on any atom is -0.307 e. The summed E-state index contributed by atoms with van der Waals surface area (Å²) >= 11 is 6.10. The van der Waals surface area contributed by atoms with Gasteiger partial charge in [-0.05, 0) is 12.1 Å². The molecule has 0 saturated carbocycles.